The fourth-order valence-corrected chi connectivity index (χ4v) is 5.35. The highest BCUT2D eigenvalue weighted by Crippen LogP contribution is 2.26. The fraction of sp³-hybridized carbons (Fsp3) is 0.879. The van der Waals surface area contributed by atoms with Crippen LogP contribution in [0.15, 0.2) is 12.2 Å². The van der Waals surface area contributed by atoms with Crippen LogP contribution in [0.5, 0.6) is 0 Å². The summed E-state index contributed by atoms with van der Waals surface area (Å²) in [4.78, 5) is 25.1. The molecule has 1 atom stereocenters. The molecule has 1 aliphatic rings. The van der Waals surface area contributed by atoms with Gasteiger partial charge in [-0.25, -0.2) is 0 Å². The molecule has 225 valence electrons. The Kier molecular flexibility index (Phi) is 18.8. The maximum Gasteiger partial charge on any atom is 0.243 e. The Morgan fingerprint density at radius 1 is 0.923 bits per heavy atom. The van der Waals surface area contributed by atoms with Crippen LogP contribution in [0.4, 0.5) is 4.79 Å². The summed E-state index contributed by atoms with van der Waals surface area (Å²) in [6.07, 6.45) is 24.0. The lowest BCUT2D eigenvalue weighted by Crippen LogP contribution is -2.46. The second-order valence-corrected chi connectivity index (χ2v) is 13.1. The van der Waals surface area contributed by atoms with Gasteiger partial charge in [0.2, 0.25) is 13.2 Å². The number of amides is 2. The molecule has 0 aromatic rings. The van der Waals surface area contributed by atoms with E-state index in [-0.39, 0.29) is 22.9 Å². The lowest BCUT2D eigenvalue weighted by molar-refractivity contribution is -0.116. The van der Waals surface area contributed by atoms with Crippen molar-refractivity contribution >= 4 is 19.0 Å². The molecule has 0 aromatic carbocycles. The van der Waals surface area contributed by atoms with Crippen molar-refractivity contribution < 1.29 is 14.3 Å². The molecule has 39 heavy (non-hydrogen) atoms. The quantitative estimate of drug-likeness (QED) is 0.0969. The van der Waals surface area contributed by atoms with E-state index in [0.717, 1.165) is 32.1 Å². The second kappa shape index (κ2) is 20.6. The van der Waals surface area contributed by atoms with E-state index in [4.69, 9.17) is 4.74 Å². The van der Waals surface area contributed by atoms with Crippen LogP contribution in [-0.2, 0) is 9.53 Å². The van der Waals surface area contributed by atoms with Crippen molar-refractivity contribution in [2.45, 2.75) is 168 Å². The summed E-state index contributed by atoms with van der Waals surface area (Å²) in [6.45, 7) is 13.9. The molecule has 1 rings (SSSR count). The van der Waals surface area contributed by atoms with Gasteiger partial charge in [0, 0.05) is 18.7 Å². The second-order valence-electron chi connectivity index (χ2n) is 13.1. The summed E-state index contributed by atoms with van der Waals surface area (Å²) in [6, 6.07) is 0. The predicted octanol–water partition coefficient (Wildman–Crippen LogP) is 8.74. The molecule has 2 amide bonds. The molecule has 6 heteroatoms. The number of hydrogen-bond donors (Lipinski definition) is 2. The van der Waals surface area contributed by atoms with Crippen molar-refractivity contribution in [2.24, 2.45) is 5.92 Å². The number of hydrogen-bond acceptors (Lipinski definition) is 3. The number of carbonyl (C=O) groups is 2. The topological polar surface area (TPSA) is 67.4 Å². The zero-order valence-electron chi connectivity index (χ0n) is 26.5. The van der Waals surface area contributed by atoms with E-state index in [0.29, 0.717) is 24.9 Å². The van der Waals surface area contributed by atoms with Crippen molar-refractivity contribution in [3.05, 3.63) is 12.2 Å². The molecular formula is C33H62BN2O3. The molecule has 0 heterocycles. The Morgan fingerprint density at radius 3 is 2.21 bits per heavy atom. The molecule has 2 N–H and O–H groups in total. The predicted molar refractivity (Wildman–Crippen MR) is 168 cm³/mol. The number of allylic oxidation sites excluding steroid dienone is 1. The van der Waals surface area contributed by atoms with E-state index in [9.17, 15) is 9.59 Å². The monoisotopic (exact) mass is 545 g/mol. The van der Waals surface area contributed by atoms with E-state index in [1.165, 1.54) is 77.0 Å². The van der Waals surface area contributed by atoms with Crippen LogP contribution in [0.1, 0.15) is 151 Å². The van der Waals surface area contributed by atoms with Gasteiger partial charge in [-0.2, -0.15) is 0 Å². The van der Waals surface area contributed by atoms with Gasteiger partial charge in [-0.3, -0.25) is 9.59 Å². The van der Waals surface area contributed by atoms with Gasteiger partial charge in [0.25, 0.3) is 0 Å². The third-order valence-corrected chi connectivity index (χ3v) is 8.22. The number of unbranched alkanes of at least 4 members (excludes halogenated alkanes) is 4. The minimum atomic E-state index is -0.342. The Morgan fingerprint density at radius 2 is 1.56 bits per heavy atom. The fourth-order valence-electron chi connectivity index (χ4n) is 5.35. The van der Waals surface area contributed by atoms with Crippen LogP contribution >= 0.6 is 0 Å². The highest BCUT2D eigenvalue weighted by atomic mass is 16.5. The van der Waals surface area contributed by atoms with Crippen LogP contribution in [-0.4, -0.2) is 43.3 Å². The highest BCUT2D eigenvalue weighted by Gasteiger charge is 2.25. The van der Waals surface area contributed by atoms with Gasteiger partial charge in [0.05, 0.1) is 5.60 Å². The highest BCUT2D eigenvalue weighted by molar-refractivity contribution is 6.74. The first-order valence-electron chi connectivity index (χ1n) is 16.3. The van der Waals surface area contributed by atoms with Gasteiger partial charge in [-0.05, 0) is 65.4 Å². The summed E-state index contributed by atoms with van der Waals surface area (Å²) in [7, 11) is 1.94. The summed E-state index contributed by atoms with van der Waals surface area (Å²) >= 11 is 0. The zero-order valence-corrected chi connectivity index (χ0v) is 26.5. The lowest BCUT2D eigenvalue weighted by Gasteiger charge is -2.31. The maximum absolute atomic E-state index is 12.7. The average molecular weight is 546 g/mol. The summed E-state index contributed by atoms with van der Waals surface area (Å²) < 4.78 is 6.18. The van der Waals surface area contributed by atoms with Crippen LogP contribution in [0.25, 0.3) is 0 Å². The molecule has 1 saturated carbocycles. The number of carbonyl (C=O) groups excluding carboxylic acids is 2. The van der Waals surface area contributed by atoms with Gasteiger partial charge in [0.1, 0.15) is 0 Å². The first-order valence-corrected chi connectivity index (χ1v) is 16.3. The lowest BCUT2D eigenvalue weighted by atomic mass is 9.59. The minimum Gasteiger partial charge on any atom is -0.375 e. The average Bonchev–Trinajstić information content (AvgIpc) is 2.99. The molecule has 0 aliphatic heterocycles. The molecule has 0 aromatic heterocycles. The van der Waals surface area contributed by atoms with Crippen molar-refractivity contribution in [1.82, 2.24) is 10.6 Å². The van der Waals surface area contributed by atoms with Gasteiger partial charge >= 0.3 is 0 Å². The van der Waals surface area contributed by atoms with Crippen LogP contribution < -0.4 is 10.6 Å². The maximum atomic E-state index is 12.7. The Bertz CT molecular complexity index is 682. The van der Waals surface area contributed by atoms with E-state index in [1.54, 1.807) is 6.08 Å². The van der Waals surface area contributed by atoms with Gasteiger partial charge < -0.3 is 15.4 Å². The number of rotatable bonds is 19. The molecule has 1 fully saturated rings. The zero-order chi connectivity index (χ0) is 29.0. The minimum absolute atomic E-state index is 0.0183. The third kappa shape index (κ3) is 19.4. The smallest absolute Gasteiger partial charge is 0.243 e. The first-order chi connectivity index (χ1) is 18.6. The first kappa shape index (κ1) is 35.7. The van der Waals surface area contributed by atoms with Gasteiger partial charge in [-0.15, -0.1) is 0 Å². The van der Waals surface area contributed by atoms with Crippen molar-refractivity contribution in [3.63, 3.8) is 0 Å². The van der Waals surface area contributed by atoms with Crippen LogP contribution in [0.2, 0.25) is 5.82 Å². The molecule has 0 spiro atoms. The van der Waals surface area contributed by atoms with Crippen molar-refractivity contribution in [3.8, 4) is 0 Å². The van der Waals surface area contributed by atoms with E-state index in [2.05, 4.69) is 58.3 Å². The number of nitrogens with one attached hydrogen (secondary N) is 2. The SMILES string of the molecule is CCCCCCCC(/C=C/C(=O)NCCC(C)(C)OCCC(C)(C)NC(=O)[B]C1CCCCCCCC1)CC. The van der Waals surface area contributed by atoms with E-state index in [1.807, 2.05) is 7.28 Å². The molecule has 1 aliphatic carbocycles. The molecule has 0 bridgehead atoms. The molecule has 1 radical (unpaired) electrons. The van der Waals surface area contributed by atoms with Crippen LogP contribution in [0, 0.1) is 5.92 Å². The largest absolute Gasteiger partial charge is 0.375 e. The Hall–Kier alpha value is -1.30. The molecule has 0 saturated heterocycles. The van der Waals surface area contributed by atoms with E-state index >= 15 is 0 Å². The van der Waals surface area contributed by atoms with Crippen molar-refractivity contribution in [1.29, 1.82) is 0 Å². The summed E-state index contributed by atoms with van der Waals surface area (Å²) in [5, 5.41) is 6.23. The third-order valence-electron chi connectivity index (χ3n) is 8.22. The standard InChI is InChI=1S/C33H62BN2O3/c1-7-9-10-13-16-19-28(8-2)22-23-30(37)35-26-24-33(5,6)39-27-25-32(3,4)36-31(38)34-29-20-17-14-11-12-15-18-21-29/h22-23,28-29H,7-21,24-27H2,1-6H3,(H,35,37)(H,36,38)/b23-22+. The summed E-state index contributed by atoms with van der Waals surface area (Å²) in [5.41, 5.74) is -0.669. The van der Waals surface area contributed by atoms with Crippen LogP contribution in [0.3, 0.4) is 0 Å². The summed E-state index contributed by atoms with van der Waals surface area (Å²) in [5.74, 6) is 0.929. The molecular weight excluding hydrogens is 483 g/mol. The Balaban J connectivity index is 2.28. The van der Waals surface area contributed by atoms with Crippen molar-refractivity contribution in [2.75, 3.05) is 13.2 Å². The molecule has 1 unspecified atom stereocenters. The van der Waals surface area contributed by atoms with Gasteiger partial charge in [-0.1, -0.05) is 109 Å². The number of ether oxygens (including phenoxy) is 1. The Labute approximate surface area is 242 Å². The normalized spacial score (nSPS) is 16.8. The van der Waals surface area contributed by atoms with Gasteiger partial charge in [0.15, 0.2) is 5.81 Å². The molecule has 5 nitrogen and oxygen atoms in total. The van der Waals surface area contributed by atoms with E-state index < -0.39 is 0 Å².